The number of nitrogens with zero attached hydrogens (tertiary/aromatic N) is 4. The largest absolute Gasteiger partial charge is 0.497 e. The van der Waals surface area contributed by atoms with Gasteiger partial charge in [0.15, 0.2) is 5.82 Å². The molecule has 38 heavy (non-hydrogen) atoms. The summed E-state index contributed by atoms with van der Waals surface area (Å²) >= 11 is 1.20. The van der Waals surface area contributed by atoms with Gasteiger partial charge in [0.1, 0.15) is 17.2 Å². The molecule has 1 aromatic heterocycles. The molecule has 9 heteroatoms. The van der Waals surface area contributed by atoms with Crippen molar-refractivity contribution in [2.24, 2.45) is 0 Å². The monoisotopic (exact) mass is 530 g/mol. The Morgan fingerprint density at radius 2 is 1.68 bits per heavy atom. The van der Waals surface area contributed by atoms with E-state index in [4.69, 9.17) is 14.2 Å². The summed E-state index contributed by atoms with van der Waals surface area (Å²) in [5, 5.41) is 0.448. The van der Waals surface area contributed by atoms with Crippen molar-refractivity contribution in [2.75, 3.05) is 45.3 Å². The number of hydrogen-bond acceptors (Lipinski definition) is 8. The number of hydrogen-bond donors (Lipinski definition) is 0. The Labute approximate surface area is 226 Å². The van der Waals surface area contributed by atoms with Crippen LogP contribution in [0.15, 0.2) is 66.7 Å². The van der Waals surface area contributed by atoms with Gasteiger partial charge in [0.25, 0.3) is 11.1 Å². The van der Waals surface area contributed by atoms with E-state index in [9.17, 15) is 4.79 Å². The SMILES string of the molecule is COc1ccc(N2CCN(C(=O)c3ccc(C)c(Oc4nc(Cc5cccc(OC)c5)ns4)c3)CC2)cc1. The van der Waals surface area contributed by atoms with Gasteiger partial charge < -0.3 is 24.0 Å². The quantitative estimate of drug-likeness (QED) is 0.310. The molecule has 0 spiro atoms. The number of anilines is 1. The Bertz CT molecular complexity index is 1400. The third kappa shape index (κ3) is 5.89. The highest BCUT2D eigenvalue weighted by atomic mass is 32.1. The van der Waals surface area contributed by atoms with E-state index in [1.165, 1.54) is 11.5 Å². The average Bonchev–Trinajstić information content (AvgIpc) is 3.40. The van der Waals surface area contributed by atoms with Gasteiger partial charge in [0, 0.05) is 55.4 Å². The maximum Gasteiger partial charge on any atom is 0.298 e. The lowest BCUT2D eigenvalue weighted by Gasteiger charge is -2.36. The molecule has 0 radical (unpaired) electrons. The Hall–Kier alpha value is -4.11. The average molecular weight is 531 g/mol. The summed E-state index contributed by atoms with van der Waals surface area (Å²) < 4.78 is 21.1. The number of carbonyl (C=O) groups excluding carboxylic acids is 1. The summed E-state index contributed by atoms with van der Waals surface area (Å²) in [4.78, 5) is 22.0. The number of benzene rings is 3. The number of ether oxygens (including phenoxy) is 3. The molecule has 8 nitrogen and oxygen atoms in total. The van der Waals surface area contributed by atoms with Crippen molar-refractivity contribution in [1.29, 1.82) is 0 Å². The van der Waals surface area contributed by atoms with E-state index in [0.717, 1.165) is 41.4 Å². The van der Waals surface area contributed by atoms with Crippen molar-refractivity contribution < 1.29 is 19.0 Å². The van der Waals surface area contributed by atoms with E-state index in [1.807, 2.05) is 60.4 Å². The third-order valence-corrected chi connectivity index (χ3v) is 7.22. The van der Waals surface area contributed by atoms with Crippen LogP contribution in [0.3, 0.4) is 0 Å². The molecular weight excluding hydrogens is 500 g/mol. The van der Waals surface area contributed by atoms with Crippen LogP contribution < -0.4 is 19.1 Å². The molecule has 0 bridgehead atoms. The number of piperazine rings is 1. The Balaban J connectivity index is 1.21. The van der Waals surface area contributed by atoms with E-state index in [1.54, 1.807) is 20.3 Å². The van der Waals surface area contributed by atoms with Crippen molar-refractivity contribution in [1.82, 2.24) is 14.3 Å². The summed E-state index contributed by atoms with van der Waals surface area (Å²) in [5.74, 6) is 2.92. The van der Waals surface area contributed by atoms with Gasteiger partial charge in [0.2, 0.25) is 0 Å². The second-order valence-corrected chi connectivity index (χ2v) is 9.78. The van der Waals surface area contributed by atoms with Crippen LogP contribution in [0, 0.1) is 6.92 Å². The number of carbonyl (C=O) groups is 1. The van der Waals surface area contributed by atoms with Gasteiger partial charge in [-0.2, -0.15) is 9.36 Å². The topological polar surface area (TPSA) is 77.0 Å². The number of rotatable bonds is 8. The van der Waals surface area contributed by atoms with E-state index in [2.05, 4.69) is 26.4 Å². The van der Waals surface area contributed by atoms with Gasteiger partial charge >= 0.3 is 0 Å². The molecule has 4 aromatic rings. The van der Waals surface area contributed by atoms with Gasteiger partial charge in [0.05, 0.1) is 14.2 Å². The molecule has 3 aromatic carbocycles. The predicted molar refractivity (Wildman–Crippen MR) is 148 cm³/mol. The standard InChI is InChI=1S/C29H30N4O4S/c1-20-7-8-22(28(34)33-15-13-32(14-16-33)23-9-11-24(35-2)12-10-23)19-26(20)37-29-30-27(31-38-29)18-21-5-4-6-25(17-21)36-3/h4-12,17,19H,13-16,18H2,1-3H3. The number of aromatic nitrogens is 2. The molecule has 1 aliphatic heterocycles. The van der Waals surface area contributed by atoms with Crippen LogP contribution >= 0.6 is 11.5 Å². The molecule has 1 amide bonds. The molecule has 0 aliphatic carbocycles. The van der Waals surface area contributed by atoms with Crippen LogP contribution in [-0.2, 0) is 6.42 Å². The van der Waals surface area contributed by atoms with Crippen molar-refractivity contribution in [3.05, 3.63) is 89.2 Å². The first kappa shape index (κ1) is 25.5. The lowest BCUT2D eigenvalue weighted by Crippen LogP contribution is -2.48. The first-order valence-electron chi connectivity index (χ1n) is 12.4. The molecule has 0 N–H and O–H groups in total. The van der Waals surface area contributed by atoms with Crippen LogP contribution in [0.25, 0.3) is 0 Å². The summed E-state index contributed by atoms with van der Waals surface area (Å²) in [5.41, 5.74) is 3.72. The van der Waals surface area contributed by atoms with Gasteiger partial charge in [-0.1, -0.05) is 18.2 Å². The third-order valence-electron chi connectivity index (χ3n) is 6.58. The number of methoxy groups -OCH3 is 2. The zero-order chi connectivity index (χ0) is 26.5. The molecule has 196 valence electrons. The summed E-state index contributed by atoms with van der Waals surface area (Å²) in [7, 11) is 3.31. The van der Waals surface area contributed by atoms with Gasteiger partial charge in [-0.05, 0) is 66.6 Å². The van der Waals surface area contributed by atoms with Crippen LogP contribution in [0.1, 0.15) is 27.3 Å². The molecule has 1 aliphatic rings. The fourth-order valence-corrected chi connectivity index (χ4v) is 4.96. The van der Waals surface area contributed by atoms with E-state index in [-0.39, 0.29) is 5.91 Å². The zero-order valence-corrected chi connectivity index (χ0v) is 22.5. The van der Waals surface area contributed by atoms with Crippen molar-refractivity contribution in [3.63, 3.8) is 0 Å². The second-order valence-electron chi connectivity index (χ2n) is 9.06. The second kappa shape index (κ2) is 11.5. The van der Waals surface area contributed by atoms with Gasteiger partial charge in [-0.25, -0.2) is 0 Å². The molecule has 2 heterocycles. The van der Waals surface area contributed by atoms with E-state index >= 15 is 0 Å². The smallest absolute Gasteiger partial charge is 0.298 e. The predicted octanol–water partition coefficient (Wildman–Crippen LogP) is 5.21. The Morgan fingerprint density at radius 3 is 2.42 bits per heavy atom. The van der Waals surface area contributed by atoms with Crippen LogP contribution in [0.4, 0.5) is 5.69 Å². The molecular formula is C29H30N4O4S. The first-order chi connectivity index (χ1) is 18.5. The molecule has 1 fully saturated rings. The zero-order valence-electron chi connectivity index (χ0n) is 21.7. The van der Waals surface area contributed by atoms with Crippen LogP contribution in [0.2, 0.25) is 0 Å². The van der Waals surface area contributed by atoms with Gasteiger partial charge in [-0.3, -0.25) is 4.79 Å². The molecule has 5 rings (SSSR count). The van der Waals surface area contributed by atoms with Gasteiger partial charge in [-0.15, -0.1) is 0 Å². The molecule has 0 unspecified atom stereocenters. The maximum atomic E-state index is 13.3. The fraction of sp³-hybridized carbons (Fsp3) is 0.276. The normalized spacial score (nSPS) is 13.3. The minimum absolute atomic E-state index is 0.000193. The number of amides is 1. The number of aryl methyl sites for hydroxylation is 1. The first-order valence-corrected chi connectivity index (χ1v) is 13.2. The lowest BCUT2D eigenvalue weighted by molar-refractivity contribution is 0.0746. The Kier molecular flexibility index (Phi) is 7.74. The molecule has 0 atom stereocenters. The van der Waals surface area contributed by atoms with Crippen LogP contribution in [0.5, 0.6) is 22.4 Å². The minimum Gasteiger partial charge on any atom is -0.497 e. The molecule has 1 saturated heterocycles. The summed E-state index contributed by atoms with van der Waals surface area (Å²) in [6.45, 7) is 4.80. The van der Waals surface area contributed by atoms with Crippen molar-refractivity contribution in [2.45, 2.75) is 13.3 Å². The highest BCUT2D eigenvalue weighted by Crippen LogP contribution is 2.29. The van der Waals surface area contributed by atoms with E-state index < -0.39 is 0 Å². The lowest BCUT2D eigenvalue weighted by atomic mass is 10.1. The van der Waals surface area contributed by atoms with E-state index in [0.29, 0.717) is 41.8 Å². The fourth-order valence-electron chi connectivity index (χ4n) is 4.40. The summed E-state index contributed by atoms with van der Waals surface area (Å²) in [6.07, 6.45) is 0.580. The Morgan fingerprint density at radius 1 is 0.921 bits per heavy atom. The highest BCUT2D eigenvalue weighted by molar-refractivity contribution is 7.07. The summed E-state index contributed by atoms with van der Waals surface area (Å²) in [6, 6.07) is 21.4. The maximum absolute atomic E-state index is 13.3. The van der Waals surface area contributed by atoms with Crippen molar-refractivity contribution >= 4 is 23.1 Å². The minimum atomic E-state index is 0.000193. The van der Waals surface area contributed by atoms with Crippen molar-refractivity contribution in [3.8, 4) is 22.4 Å². The highest BCUT2D eigenvalue weighted by Gasteiger charge is 2.23. The molecule has 0 saturated carbocycles. The van der Waals surface area contributed by atoms with Crippen LogP contribution in [-0.4, -0.2) is 60.6 Å².